The molecule has 2 nitrogen and oxygen atoms in total. The smallest absolute Gasteiger partial charge is 0.0733 e. The van der Waals surface area contributed by atoms with Crippen LogP contribution in [0.25, 0.3) is 5.57 Å². The Morgan fingerprint density at radius 2 is 1.86 bits per heavy atom. The molecule has 1 aromatic heterocycles. The lowest BCUT2D eigenvalue weighted by atomic mass is 10.0. The van der Waals surface area contributed by atoms with Gasteiger partial charge in [-0.05, 0) is 43.2 Å². The van der Waals surface area contributed by atoms with Crippen LogP contribution in [0.1, 0.15) is 37.2 Å². The Hall–Kier alpha value is -1.87. The van der Waals surface area contributed by atoms with Crippen LogP contribution < -0.4 is 0 Å². The summed E-state index contributed by atoms with van der Waals surface area (Å²) in [5.41, 5.74) is 6.81. The van der Waals surface area contributed by atoms with Crippen LogP contribution in [0.3, 0.4) is 0 Å². The van der Waals surface area contributed by atoms with Crippen molar-refractivity contribution in [1.82, 2.24) is 4.98 Å². The highest BCUT2D eigenvalue weighted by Crippen LogP contribution is 2.34. The molecular weight excluding hydrogens is 336 g/mol. The minimum absolute atomic E-state index is 0.953. The van der Waals surface area contributed by atoms with E-state index < -0.39 is 0 Å². The Morgan fingerprint density at radius 3 is 2.50 bits per heavy atom. The molecule has 2 heterocycles. The number of allylic oxidation sites excluding steroid dienone is 2. The van der Waals surface area contributed by atoms with Gasteiger partial charge in [0, 0.05) is 32.7 Å². The molecule has 1 aliphatic rings. The van der Waals surface area contributed by atoms with Gasteiger partial charge in [0.2, 0.25) is 0 Å². The van der Waals surface area contributed by atoms with Gasteiger partial charge in [0.1, 0.15) is 0 Å². The molecule has 3 heteroatoms. The first-order valence-electron chi connectivity index (χ1n) is 7.66. The van der Waals surface area contributed by atoms with Gasteiger partial charge in [-0.15, -0.1) is 0 Å². The van der Waals surface area contributed by atoms with Crippen molar-refractivity contribution in [2.24, 2.45) is 4.99 Å². The van der Waals surface area contributed by atoms with Gasteiger partial charge >= 0.3 is 0 Å². The summed E-state index contributed by atoms with van der Waals surface area (Å²) in [5.74, 6) is 0. The lowest BCUT2D eigenvalue weighted by Crippen LogP contribution is -1.94. The molecule has 0 amide bonds. The highest BCUT2D eigenvalue weighted by molar-refractivity contribution is 9.10. The third-order valence-electron chi connectivity index (χ3n) is 3.86. The van der Waals surface area contributed by atoms with E-state index in [4.69, 9.17) is 4.99 Å². The maximum Gasteiger partial charge on any atom is 0.0733 e. The molecule has 0 atom stereocenters. The normalized spacial score (nSPS) is 16.0. The average Bonchev–Trinajstić information content (AvgIpc) is 3.19. The minimum Gasteiger partial charge on any atom is -0.358 e. The summed E-state index contributed by atoms with van der Waals surface area (Å²) in [6, 6.07) is 12.6. The van der Waals surface area contributed by atoms with E-state index in [1.54, 1.807) is 0 Å². The molecule has 0 aliphatic carbocycles. The number of nitrogens with zero attached hydrogens (tertiary/aromatic N) is 1. The second kappa shape index (κ2) is 6.49. The molecular formula is C19H19BrN2. The van der Waals surface area contributed by atoms with E-state index in [1.165, 1.54) is 5.69 Å². The number of hydrogen-bond acceptors (Lipinski definition) is 1. The Kier molecular flexibility index (Phi) is 4.44. The largest absolute Gasteiger partial charge is 0.358 e. The fraction of sp³-hybridized carbons (Fsp3) is 0.211. The van der Waals surface area contributed by atoms with Crippen molar-refractivity contribution in [3.05, 3.63) is 75.7 Å². The predicted octanol–water partition coefficient (Wildman–Crippen LogP) is 5.52. The van der Waals surface area contributed by atoms with Crippen LogP contribution in [-0.4, -0.2) is 10.7 Å². The monoisotopic (exact) mass is 354 g/mol. The zero-order valence-electron chi connectivity index (χ0n) is 12.9. The summed E-state index contributed by atoms with van der Waals surface area (Å²) < 4.78 is 1.08. The lowest BCUT2D eigenvalue weighted by molar-refractivity contribution is 1.06. The number of halogens is 1. The standard InChI is InChI=1S/C19H19BrN2/c1-3-13-9-11-17(21-13)19(15-7-5-6-8-16(15)20)18-12-10-14(4-2)22-18/h5-12,21H,3-4H2,1-2H3/b19-18-. The van der Waals surface area contributed by atoms with Gasteiger partial charge in [-0.25, -0.2) is 0 Å². The van der Waals surface area contributed by atoms with Crippen LogP contribution >= 0.6 is 15.9 Å². The molecule has 0 saturated heterocycles. The van der Waals surface area contributed by atoms with E-state index in [9.17, 15) is 0 Å². The predicted molar refractivity (Wildman–Crippen MR) is 97.2 cm³/mol. The minimum atomic E-state index is 0.953. The molecule has 1 aliphatic heterocycles. The molecule has 112 valence electrons. The third-order valence-corrected chi connectivity index (χ3v) is 4.55. The molecule has 0 radical (unpaired) electrons. The fourth-order valence-corrected chi connectivity index (χ4v) is 3.10. The van der Waals surface area contributed by atoms with E-state index in [2.05, 4.69) is 77.2 Å². The highest BCUT2D eigenvalue weighted by atomic mass is 79.9. The molecule has 1 N–H and O–H groups in total. The summed E-state index contributed by atoms with van der Waals surface area (Å²) in [6.45, 7) is 4.29. The van der Waals surface area contributed by atoms with Gasteiger partial charge in [0.05, 0.1) is 5.70 Å². The SMILES string of the molecule is CCC1=N/C(=C(\c2ccc(CC)[nH]2)c2ccccc2Br)C=C1. The topological polar surface area (TPSA) is 28.1 Å². The van der Waals surface area contributed by atoms with Crippen molar-refractivity contribution in [3.8, 4) is 0 Å². The van der Waals surface area contributed by atoms with E-state index in [1.807, 2.05) is 6.07 Å². The second-order valence-electron chi connectivity index (χ2n) is 5.28. The number of aromatic nitrogens is 1. The van der Waals surface area contributed by atoms with Crippen molar-refractivity contribution < 1.29 is 0 Å². The average molecular weight is 355 g/mol. The maximum atomic E-state index is 4.78. The van der Waals surface area contributed by atoms with Crippen LogP contribution in [-0.2, 0) is 6.42 Å². The maximum absolute atomic E-state index is 4.78. The number of rotatable bonds is 4. The quantitative estimate of drug-likeness (QED) is 0.748. The van der Waals surface area contributed by atoms with Crippen molar-refractivity contribution in [1.29, 1.82) is 0 Å². The van der Waals surface area contributed by atoms with Crippen molar-refractivity contribution in [2.75, 3.05) is 0 Å². The zero-order valence-corrected chi connectivity index (χ0v) is 14.4. The molecule has 2 aromatic rings. The molecule has 0 unspecified atom stereocenters. The summed E-state index contributed by atoms with van der Waals surface area (Å²) in [6.07, 6.45) is 6.17. The number of aryl methyl sites for hydroxylation is 1. The first kappa shape index (κ1) is 15.0. The molecule has 0 saturated carbocycles. The number of benzene rings is 1. The summed E-state index contributed by atoms with van der Waals surface area (Å²) in [4.78, 5) is 8.30. The van der Waals surface area contributed by atoms with Crippen LogP contribution in [0.15, 0.2) is 63.7 Å². The Bertz CT molecular complexity index is 778. The summed E-state index contributed by atoms with van der Waals surface area (Å²) in [7, 11) is 0. The lowest BCUT2D eigenvalue weighted by Gasteiger charge is -2.10. The summed E-state index contributed by atoms with van der Waals surface area (Å²) in [5, 5.41) is 0. The van der Waals surface area contributed by atoms with Gasteiger partial charge in [-0.1, -0.05) is 48.0 Å². The number of aromatic amines is 1. The number of aliphatic imine (C=N–C) groups is 1. The van der Waals surface area contributed by atoms with Gasteiger partial charge in [-0.2, -0.15) is 0 Å². The van der Waals surface area contributed by atoms with Crippen LogP contribution in [0.2, 0.25) is 0 Å². The first-order chi connectivity index (χ1) is 10.7. The van der Waals surface area contributed by atoms with Crippen LogP contribution in [0.4, 0.5) is 0 Å². The molecule has 0 fully saturated rings. The van der Waals surface area contributed by atoms with E-state index in [0.717, 1.165) is 45.6 Å². The third kappa shape index (κ3) is 2.86. The summed E-state index contributed by atoms with van der Waals surface area (Å²) >= 11 is 3.68. The van der Waals surface area contributed by atoms with Crippen molar-refractivity contribution in [2.45, 2.75) is 26.7 Å². The molecule has 0 bridgehead atoms. The van der Waals surface area contributed by atoms with E-state index in [-0.39, 0.29) is 0 Å². The van der Waals surface area contributed by atoms with Gasteiger partial charge in [-0.3, -0.25) is 4.99 Å². The van der Waals surface area contributed by atoms with Crippen molar-refractivity contribution >= 4 is 27.2 Å². The van der Waals surface area contributed by atoms with Crippen molar-refractivity contribution in [3.63, 3.8) is 0 Å². The highest BCUT2D eigenvalue weighted by Gasteiger charge is 2.17. The van der Waals surface area contributed by atoms with E-state index >= 15 is 0 Å². The Morgan fingerprint density at radius 1 is 1.05 bits per heavy atom. The van der Waals surface area contributed by atoms with Gasteiger partial charge in [0.15, 0.2) is 0 Å². The van der Waals surface area contributed by atoms with Gasteiger partial charge in [0.25, 0.3) is 0 Å². The Balaban J connectivity index is 2.20. The number of H-pyrrole nitrogens is 1. The molecule has 3 rings (SSSR count). The number of hydrogen-bond donors (Lipinski definition) is 1. The number of nitrogens with one attached hydrogen (secondary N) is 1. The van der Waals surface area contributed by atoms with Crippen LogP contribution in [0.5, 0.6) is 0 Å². The molecule has 22 heavy (non-hydrogen) atoms. The zero-order chi connectivity index (χ0) is 15.5. The van der Waals surface area contributed by atoms with E-state index in [0.29, 0.717) is 0 Å². The molecule has 0 spiro atoms. The second-order valence-corrected chi connectivity index (χ2v) is 6.14. The molecule has 1 aromatic carbocycles. The van der Waals surface area contributed by atoms with Crippen LogP contribution in [0, 0.1) is 0 Å². The fourth-order valence-electron chi connectivity index (χ4n) is 2.62. The Labute approximate surface area is 139 Å². The first-order valence-corrected chi connectivity index (χ1v) is 8.45. The van der Waals surface area contributed by atoms with Gasteiger partial charge < -0.3 is 4.98 Å².